The van der Waals surface area contributed by atoms with Gasteiger partial charge < -0.3 is 15.7 Å². The van der Waals surface area contributed by atoms with Crippen molar-refractivity contribution >= 4 is 18.8 Å². The molecule has 0 heterocycles. The van der Waals surface area contributed by atoms with Gasteiger partial charge in [-0.2, -0.15) is 0 Å². The molecule has 0 aliphatic carbocycles. The molecule has 5 heteroatoms. The summed E-state index contributed by atoms with van der Waals surface area (Å²) in [5.74, 6) is 0. The molecule has 4 nitrogen and oxygen atoms in total. The predicted octanol–water partition coefficient (Wildman–Crippen LogP) is 4.21. The van der Waals surface area contributed by atoms with Crippen LogP contribution in [0.15, 0.2) is 0 Å². The highest BCUT2D eigenvalue weighted by Crippen LogP contribution is 2.19. The molecule has 0 bridgehead atoms. The summed E-state index contributed by atoms with van der Waals surface area (Å²) in [5, 5.41) is 9.19. The average Bonchev–Trinajstić information content (AvgIpc) is 2.57. The molecule has 0 rings (SSSR count). The van der Waals surface area contributed by atoms with Gasteiger partial charge in [0.15, 0.2) is 7.77 Å². The Balaban J connectivity index is 3.33. The first-order valence-electron chi connectivity index (χ1n) is 9.38. The fraction of sp³-hybridized carbons (Fsp3) is 0.889. The van der Waals surface area contributed by atoms with Crippen LogP contribution >= 0.6 is 7.77 Å². The fourth-order valence-corrected chi connectivity index (χ4v) is 3.44. The smallest absolute Gasteiger partial charge is 0.321 e. The number of aliphatic hydroxyl groups excluding tert-OH is 1. The van der Waals surface area contributed by atoms with E-state index in [-0.39, 0.29) is 24.0 Å². The number of unbranched alkanes of at least 4 members (excludes halogenated alkanes) is 12. The predicted molar refractivity (Wildman–Crippen MR) is 98.2 cm³/mol. The van der Waals surface area contributed by atoms with Crippen molar-refractivity contribution in [2.24, 2.45) is 5.73 Å². The van der Waals surface area contributed by atoms with Crippen molar-refractivity contribution in [3.63, 3.8) is 0 Å². The van der Waals surface area contributed by atoms with E-state index < -0.39 is 7.77 Å². The van der Waals surface area contributed by atoms with Crippen molar-refractivity contribution < 1.29 is 14.8 Å². The zero-order valence-corrected chi connectivity index (χ0v) is 15.8. The highest BCUT2D eigenvalue weighted by molar-refractivity contribution is 7.68. The van der Waals surface area contributed by atoms with E-state index in [2.05, 4.69) is 6.92 Å². The maximum Gasteiger partial charge on any atom is 0.321 e. The molecule has 0 radical (unpaired) electrons. The van der Waals surface area contributed by atoms with Crippen molar-refractivity contribution in [3.8, 4) is 0 Å². The summed E-state index contributed by atoms with van der Waals surface area (Å²) in [6.45, 7) is 2.05. The van der Waals surface area contributed by atoms with Gasteiger partial charge in [0.1, 0.15) is 0 Å². The Morgan fingerprint density at radius 3 is 1.65 bits per heavy atom. The van der Waals surface area contributed by atoms with E-state index in [1.54, 1.807) is 0 Å². The van der Waals surface area contributed by atoms with Crippen LogP contribution < -0.4 is 10.6 Å². The van der Waals surface area contributed by atoms with Gasteiger partial charge in [0, 0.05) is 0 Å². The van der Waals surface area contributed by atoms with E-state index >= 15 is 0 Å². The molecule has 0 aromatic carbocycles. The van der Waals surface area contributed by atoms with Crippen LogP contribution in [0, 0.1) is 0 Å². The highest BCUT2D eigenvalue weighted by atomic mass is 31.1. The molecular weight excluding hydrogens is 309 g/mol. The Morgan fingerprint density at radius 2 is 1.26 bits per heavy atom. The maximum absolute atomic E-state index is 11.5. The fourth-order valence-electron chi connectivity index (χ4n) is 2.62. The van der Waals surface area contributed by atoms with Crippen molar-refractivity contribution in [2.45, 2.75) is 96.8 Å². The number of hydrogen-bond donors (Lipinski definition) is 2. The van der Waals surface area contributed by atoms with E-state index in [1.165, 1.54) is 64.2 Å². The lowest BCUT2D eigenvalue weighted by atomic mass is 10.0. The van der Waals surface area contributed by atoms with E-state index in [9.17, 15) is 14.8 Å². The van der Waals surface area contributed by atoms with Crippen LogP contribution in [0.3, 0.4) is 0 Å². The first-order valence-corrected chi connectivity index (χ1v) is 10.6. The monoisotopic (exact) mass is 345 g/mol. The van der Waals surface area contributed by atoms with E-state index in [0.29, 0.717) is 0 Å². The van der Waals surface area contributed by atoms with Gasteiger partial charge in [0.05, 0.1) is 13.0 Å². The summed E-state index contributed by atoms with van der Waals surface area (Å²) in [7, 11) is -2.29. The van der Waals surface area contributed by atoms with Crippen LogP contribution in [0.25, 0.3) is 0 Å². The zero-order chi connectivity index (χ0) is 17.3. The minimum absolute atomic E-state index is 0.195. The first-order chi connectivity index (χ1) is 11.1. The normalized spacial score (nSPS) is 12.3. The summed E-state index contributed by atoms with van der Waals surface area (Å²) >= 11 is 0. The Labute approximate surface area is 143 Å². The van der Waals surface area contributed by atoms with Crippen molar-refractivity contribution in [2.75, 3.05) is 6.54 Å². The number of aliphatic hydroxyl groups is 1. The number of carbonyl (C=O) groups excluding carboxylic acids is 1. The van der Waals surface area contributed by atoms with Crippen LogP contribution in [-0.2, 0) is 4.79 Å². The maximum atomic E-state index is 11.5. The van der Waals surface area contributed by atoms with Gasteiger partial charge >= 0.3 is 5.52 Å². The molecular formula is C18H36NO3P. The number of hydrogen-bond acceptors (Lipinski definition) is 3. The van der Waals surface area contributed by atoms with Crippen LogP contribution in [-0.4, -0.2) is 22.7 Å². The second-order valence-corrected chi connectivity index (χ2v) is 7.90. The van der Waals surface area contributed by atoms with E-state index in [4.69, 9.17) is 5.73 Å². The lowest BCUT2D eigenvalue weighted by molar-refractivity contribution is -0.159. The third-order valence-electron chi connectivity index (χ3n) is 4.14. The second-order valence-electron chi connectivity index (χ2n) is 6.30. The van der Waals surface area contributed by atoms with Gasteiger partial charge in [-0.1, -0.05) is 84.0 Å². The summed E-state index contributed by atoms with van der Waals surface area (Å²) in [4.78, 5) is 23.0. The van der Waals surface area contributed by atoms with Gasteiger partial charge in [-0.25, -0.2) is 4.79 Å². The minimum Gasteiger partial charge on any atom is -0.622 e. The van der Waals surface area contributed by atoms with Gasteiger partial charge in [0.25, 0.3) is 0 Å². The lowest BCUT2D eigenvalue weighted by Crippen LogP contribution is -2.17. The number of carbonyl (C=O) groups is 1. The highest BCUT2D eigenvalue weighted by Gasteiger charge is 2.16. The van der Waals surface area contributed by atoms with E-state index in [0.717, 1.165) is 19.3 Å². The first kappa shape index (κ1) is 22.7. The molecule has 0 aliphatic heterocycles. The molecule has 0 aromatic rings. The third kappa shape index (κ3) is 13.8. The molecule has 3 N–H and O–H groups in total. The standard InChI is InChI=1S/C18H36NO3P/c1-2-3-4-5-6-7-8-9-10-11-12-13-14-15-17(20)23(22)18(21)16-19/h21H,2-16,19H2,1H3. The second kappa shape index (κ2) is 16.6. The zero-order valence-electron chi connectivity index (χ0n) is 14.9. The van der Waals surface area contributed by atoms with Gasteiger partial charge in [-0.3, -0.25) is 0 Å². The summed E-state index contributed by atoms with van der Waals surface area (Å²) in [6.07, 6.45) is 16.6. The Bertz CT molecular complexity index is 332. The molecule has 0 aliphatic rings. The van der Waals surface area contributed by atoms with Crippen molar-refractivity contribution in [1.82, 2.24) is 0 Å². The Hall–Kier alpha value is -0.280. The molecule has 0 amide bonds. The van der Waals surface area contributed by atoms with Crippen molar-refractivity contribution in [1.29, 1.82) is 0 Å². The molecule has 136 valence electrons. The molecule has 0 saturated carbocycles. The van der Waals surface area contributed by atoms with Gasteiger partial charge in [-0.05, 0) is 6.42 Å². The van der Waals surface area contributed by atoms with E-state index in [1.807, 2.05) is 0 Å². The molecule has 23 heavy (non-hydrogen) atoms. The third-order valence-corrected chi connectivity index (χ3v) is 5.47. The number of rotatable bonds is 16. The Kier molecular flexibility index (Phi) is 16.4. The van der Waals surface area contributed by atoms with Gasteiger partial charge in [-0.15, -0.1) is 0 Å². The SMILES string of the molecule is CCCCCCCCCCCCCCCC(=O)/[P+]([O-])=C(\O)CN. The average molecular weight is 345 g/mol. The molecule has 0 spiro atoms. The molecule has 1 atom stereocenters. The minimum atomic E-state index is -2.29. The largest absolute Gasteiger partial charge is 0.622 e. The van der Waals surface area contributed by atoms with Crippen LogP contribution in [0.1, 0.15) is 96.8 Å². The Morgan fingerprint density at radius 1 is 0.870 bits per heavy atom. The number of nitrogens with two attached hydrogens (primary N) is 1. The molecule has 0 aromatic heterocycles. The van der Waals surface area contributed by atoms with Crippen molar-refractivity contribution in [3.05, 3.63) is 0 Å². The van der Waals surface area contributed by atoms with Crippen LogP contribution in [0.4, 0.5) is 0 Å². The topological polar surface area (TPSA) is 86.4 Å². The summed E-state index contributed by atoms with van der Waals surface area (Å²) in [5.41, 5.74) is 4.42. The summed E-state index contributed by atoms with van der Waals surface area (Å²) in [6, 6.07) is 0. The molecule has 1 unspecified atom stereocenters. The lowest BCUT2D eigenvalue weighted by Gasteiger charge is -2.03. The molecule has 0 fully saturated rings. The van der Waals surface area contributed by atoms with Gasteiger partial charge in [0.2, 0.25) is 5.48 Å². The van der Waals surface area contributed by atoms with Crippen LogP contribution in [0.2, 0.25) is 0 Å². The summed E-state index contributed by atoms with van der Waals surface area (Å²) < 4.78 is 0. The molecule has 0 saturated heterocycles. The van der Waals surface area contributed by atoms with Crippen LogP contribution in [0.5, 0.6) is 0 Å². The quantitative estimate of drug-likeness (QED) is 0.324.